The van der Waals surface area contributed by atoms with Crippen LogP contribution < -0.4 is 4.74 Å². The van der Waals surface area contributed by atoms with Crippen LogP contribution in [0.3, 0.4) is 0 Å². The fraction of sp³-hybridized carbons (Fsp3) is 0.111. The summed E-state index contributed by atoms with van der Waals surface area (Å²) in [6, 6.07) is 2.01. The van der Waals surface area contributed by atoms with Crippen molar-refractivity contribution in [3.8, 4) is 17.0 Å². The molecule has 2 rings (SSSR count). The monoisotopic (exact) mass is 224 g/mol. The van der Waals surface area contributed by atoms with Crippen molar-refractivity contribution in [3.63, 3.8) is 0 Å². The minimum atomic E-state index is 0.479. The van der Waals surface area contributed by atoms with Crippen molar-refractivity contribution in [1.82, 2.24) is 9.97 Å². The summed E-state index contributed by atoms with van der Waals surface area (Å²) in [7, 11) is 1.59. The molecule has 0 radical (unpaired) electrons. The van der Waals surface area contributed by atoms with Gasteiger partial charge in [0.25, 0.3) is 0 Å². The molecule has 0 saturated heterocycles. The molecule has 5 heteroatoms. The van der Waals surface area contributed by atoms with Gasteiger partial charge in [0.05, 0.1) is 19.1 Å². The Balaban J connectivity index is 2.64. The van der Waals surface area contributed by atoms with Crippen molar-refractivity contribution in [2.75, 3.05) is 7.11 Å². The smallest absolute Gasteiger partial charge is 0.179 e. The molecule has 0 aliphatic carbocycles. The van der Waals surface area contributed by atoms with Gasteiger partial charge in [0.1, 0.15) is 0 Å². The number of hydrogen-bond acceptors (Lipinski definition) is 4. The molecule has 0 unspecified atom stereocenters. The average Bonchev–Trinajstić information content (AvgIpc) is 2.70. The summed E-state index contributed by atoms with van der Waals surface area (Å²) < 4.78 is 5.69. The molecule has 72 valence electrons. The fourth-order valence-electron chi connectivity index (χ4n) is 1.20. The molecule has 2 aromatic rings. The maximum absolute atomic E-state index is 5.21. The number of nitrogens with zero attached hydrogens (tertiary/aromatic N) is 1. The summed E-state index contributed by atoms with van der Waals surface area (Å²) in [5.41, 5.74) is 1.95. The third kappa shape index (κ3) is 1.56. The van der Waals surface area contributed by atoms with E-state index in [4.69, 9.17) is 17.0 Å². The highest BCUT2D eigenvalue weighted by molar-refractivity contribution is 7.71. The Morgan fingerprint density at radius 3 is 3.07 bits per heavy atom. The molecule has 0 aliphatic heterocycles. The predicted molar refractivity (Wildman–Crippen MR) is 59.3 cm³/mol. The molecule has 0 bridgehead atoms. The second kappa shape index (κ2) is 3.89. The summed E-state index contributed by atoms with van der Waals surface area (Å²) >= 11 is 6.69. The minimum absolute atomic E-state index is 0.479. The minimum Gasteiger partial charge on any atom is -0.491 e. The van der Waals surface area contributed by atoms with Crippen LogP contribution in [0.25, 0.3) is 11.3 Å². The lowest BCUT2D eigenvalue weighted by molar-refractivity contribution is 0.411. The van der Waals surface area contributed by atoms with Crippen LogP contribution in [0.15, 0.2) is 23.2 Å². The highest BCUT2D eigenvalue weighted by atomic mass is 32.1. The SMILES string of the molecule is COc1c(-c2ccsc2)[nH]cnc1=S. The number of rotatable bonds is 2. The zero-order valence-electron chi connectivity index (χ0n) is 7.48. The number of nitrogens with one attached hydrogen (secondary N) is 1. The number of hydrogen-bond donors (Lipinski definition) is 1. The van der Waals surface area contributed by atoms with Gasteiger partial charge in [0, 0.05) is 10.9 Å². The first kappa shape index (κ1) is 9.36. The van der Waals surface area contributed by atoms with Crippen LogP contribution in [-0.2, 0) is 0 Å². The third-order valence-corrected chi connectivity index (χ3v) is 2.80. The normalized spacial score (nSPS) is 10.1. The van der Waals surface area contributed by atoms with Crippen LogP contribution in [-0.4, -0.2) is 17.1 Å². The number of methoxy groups -OCH3 is 1. The average molecular weight is 224 g/mol. The molecular weight excluding hydrogens is 216 g/mol. The van der Waals surface area contributed by atoms with Gasteiger partial charge in [-0.1, -0.05) is 12.2 Å². The molecule has 0 atom stereocenters. The summed E-state index contributed by atoms with van der Waals surface area (Å²) in [4.78, 5) is 6.99. The number of aromatic amines is 1. The zero-order chi connectivity index (χ0) is 9.97. The van der Waals surface area contributed by atoms with E-state index in [1.54, 1.807) is 24.8 Å². The van der Waals surface area contributed by atoms with E-state index in [1.807, 2.05) is 16.8 Å². The number of ether oxygens (including phenoxy) is 1. The van der Waals surface area contributed by atoms with Crippen molar-refractivity contribution in [2.45, 2.75) is 0 Å². The molecule has 0 aliphatic rings. The van der Waals surface area contributed by atoms with Crippen molar-refractivity contribution in [1.29, 1.82) is 0 Å². The first-order valence-electron chi connectivity index (χ1n) is 3.97. The fourth-order valence-corrected chi connectivity index (χ4v) is 2.08. The van der Waals surface area contributed by atoms with Gasteiger partial charge in [-0.15, -0.1) is 0 Å². The van der Waals surface area contributed by atoms with Gasteiger partial charge in [-0.05, 0) is 11.4 Å². The Kier molecular flexibility index (Phi) is 2.60. The topological polar surface area (TPSA) is 37.9 Å². The molecule has 0 spiro atoms. The highest BCUT2D eigenvalue weighted by Crippen LogP contribution is 2.28. The molecule has 2 heterocycles. The van der Waals surface area contributed by atoms with Crippen LogP contribution in [0.1, 0.15) is 0 Å². The van der Waals surface area contributed by atoms with Gasteiger partial charge in [-0.25, -0.2) is 4.98 Å². The Labute approximate surface area is 90.4 Å². The Hall–Kier alpha value is -1.20. The van der Waals surface area contributed by atoms with Crippen molar-refractivity contribution in [2.24, 2.45) is 0 Å². The summed E-state index contributed by atoms with van der Waals surface area (Å²) in [5.74, 6) is 0.626. The van der Waals surface area contributed by atoms with E-state index >= 15 is 0 Å². The standard InChI is InChI=1S/C9H8N2OS2/c1-12-8-7(6-2-3-14-4-6)10-5-11-9(8)13/h2-5H,1H3,(H,10,11,13). The molecular formula is C9H8N2OS2. The van der Waals surface area contributed by atoms with E-state index in [2.05, 4.69) is 9.97 Å². The first-order valence-corrected chi connectivity index (χ1v) is 5.32. The van der Waals surface area contributed by atoms with Gasteiger partial charge in [-0.3, -0.25) is 0 Å². The van der Waals surface area contributed by atoms with Crippen LogP contribution in [0.5, 0.6) is 5.75 Å². The van der Waals surface area contributed by atoms with Crippen molar-refractivity contribution < 1.29 is 4.74 Å². The van der Waals surface area contributed by atoms with E-state index in [9.17, 15) is 0 Å². The van der Waals surface area contributed by atoms with Crippen molar-refractivity contribution >= 4 is 23.6 Å². The number of aromatic nitrogens is 2. The molecule has 2 aromatic heterocycles. The van der Waals surface area contributed by atoms with Crippen molar-refractivity contribution in [3.05, 3.63) is 27.8 Å². The van der Waals surface area contributed by atoms with Crippen LogP contribution in [0, 0.1) is 4.64 Å². The molecule has 3 nitrogen and oxygen atoms in total. The summed E-state index contributed by atoms with van der Waals surface area (Å²) in [5, 5.41) is 4.04. The van der Waals surface area contributed by atoms with Crippen LogP contribution >= 0.6 is 23.6 Å². The molecule has 0 fully saturated rings. The summed E-state index contributed by atoms with van der Waals surface area (Å²) in [6.07, 6.45) is 1.58. The van der Waals surface area contributed by atoms with Crippen LogP contribution in [0.2, 0.25) is 0 Å². The zero-order valence-corrected chi connectivity index (χ0v) is 9.11. The highest BCUT2D eigenvalue weighted by Gasteiger charge is 2.07. The van der Waals surface area contributed by atoms with Gasteiger partial charge in [0.2, 0.25) is 0 Å². The molecule has 0 saturated carbocycles. The lowest BCUT2D eigenvalue weighted by atomic mass is 10.2. The number of H-pyrrole nitrogens is 1. The maximum atomic E-state index is 5.21. The Morgan fingerprint density at radius 1 is 1.57 bits per heavy atom. The lowest BCUT2D eigenvalue weighted by Gasteiger charge is -2.05. The second-order valence-electron chi connectivity index (χ2n) is 2.63. The first-order chi connectivity index (χ1) is 6.83. The van der Waals surface area contributed by atoms with E-state index < -0.39 is 0 Å². The molecule has 14 heavy (non-hydrogen) atoms. The molecule has 0 amide bonds. The third-order valence-electron chi connectivity index (χ3n) is 1.83. The van der Waals surface area contributed by atoms with Gasteiger partial charge in [-0.2, -0.15) is 11.3 Å². The van der Waals surface area contributed by atoms with E-state index in [0.717, 1.165) is 11.3 Å². The maximum Gasteiger partial charge on any atom is 0.179 e. The molecule has 0 aromatic carbocycles. The van der Waals surface area contributed by atoms with Gasteiger partial charge < -0.3 is 9.72 Å². The van der Waals surface area contributed by atoms with E-state index in [1.165, 1.54) is 0 Å². The summed E-state index contributed by atoms with van der Waals surface area (Å²) in [6.45, 7) is 0. The van der Waals surface area contributed by atoms with Gasteiger partial charge >= 0.3 is 0 Å². The molecule has 1 N–H and O–H groups in total. The predicted octanol–water partition coefficient (Wildman–Crippen LogP) is 2.88. The Morgan fingerprint density at radius 2 is 2.43 bits per heavy atom. The number of thiophene rings is 1. The lowest BCUT2D eigenvalue weighted by Crippen LogP contribution is -1.92. The largest absolute Gasteiger partial charge is 0.491 e. The van der Waals surface area contributed by atoms with E-state index in [0.29, 0.717) is 10.4 Å². The van der Waals surface area contributed by atoms with Crippen LogP contribution in [0.4, 0.5) is 0 Å². The second-order valence-corrected chi connectivity index (χ2v) is 3.79. The Bertz CT molecular complexity index is 476. The van der Waals surface area contributed by atoms with Gasteiger partial charge in [0.15, 0.2) is 10.4 Å². The van der Waals surface area contributed by atoms with E-state index in [-0.39, 0.29) is 0 Å². The quantitative estimate of drug-likeness (QED) is 0.797.